The Morgan fingerprint density at radius 3 is 2.46 bits per heavy atom. The summed E-state index contributed by atoms with van der Waals surface area (Å²) in [5.74, 6) is 0.787. The van der Waals surface area contributed by atoms with E-state index >= 15 is 0 Å². The van der Waals surface area contributed by atoms with Gasteiger partial charge in [-0.1, -0.05) is 24.3 Å². The van der Waals surface area contributed by atoms with E-state index in [1.807, 2.05) is 24.3 Å². The van der Waals surface area contributed by atoms with Crippen molar-refractivity contribution >= 4 is 0 Å². The minimum absolute atomic E-state index is 0.580. The fraction of sp³-hybridized carbons (Fsp3) is 0.182. The minimum Gasteiger partial charge on any atom is -0.497 e. The Morgan fingerprint density at radius 2 is 2.00 bits per heavy atom. The molecule has 2 heteroatoms. The van der Waals surface area contributed by atoms with Crippen LogP contribution in [-0.4, -0.2) is 12.2 Å². The van der Waals surface area contributed by atoms with Gasteiger partial charge in [-0.15, -0.1) is 0 Å². The van der Waals surface area contributed by atoms with E-state index in [4.69, 9.17) is 4.74 Å². The molecule has 2 nitrogen and oxygen atoms in total. The topological polar surface area (TPSA) is 29.5 Å². The van der Waals surface area contributed by atoms with Crippen LogP contribution in [0, 0.1) is 6.92 Å². The van der Waals surface area contributed by atoms with Gasteiger partial charge in [0.1, 0.15) is 5.75 Å². The number of allylic oxidation sites excluding steroid dienone is 1. The molecule has 0 aliphatic rings. The van der Waals surface area contributed by atoms with E-state index in [1.54, 1.807) is 19.3 Å². The van der Waals surface area contributed by atoms with Crippen molar-refractivity contribution in [1.82, 2.24) is 0 Å². The van der Waals surface area contributed by atoms with Gasteiger partial charge in [0.2, 0.25) is 0 Å². The van der Waals surface area contributed by atoms with Gasteiger partial charge in [-0.2, -0.15) is 0 Å². The number of benzene rings is 1. The van der Waals surface area contributed by atoms with Crippen molar-refractivity contribution < 1.29 is 9.84 Å². The van der Waals surface area contributed by atoms with E-state index in [0.717, 1.165) is 11.3 Å². The van der Waals surface area contributed by atoms with Gasteiger partial charge in [-0.25, -0.2) is 0 Å². The maximum atomic E-state index is 9.52. The summed E-state index contributed by atoms with van der Waals surface area (Å²) in [7, 11) is 1.61. The first kappa shape index (κ1) is 9.81. The van der Waals surface area contributed by atoms with E-state index in [2.05, 4.69) is 6.92 Å². The van der Waals surface area contributed by atoms with Crippen molar-refractivity contribution in [3.63, 3.8) is 0 Å². The van der Waals surface area contributed by atoms with Gasteiger partial charge >= 0.3 is 0 Å². The molecule has 0 bridgehead atoms. The van der Waals surface area contributed by atoms with E-state index < -0.39 is 6.10 Å². The molecule has 1 aromatic rings. The maximum Gasteiger partial charge on any atom is 0.118 e. The first-order valence-corrected chi connectivity index (χ1v) is 4.06. The lowest BCUT2D eigenvalue weighted by Gasteiger charge is -2.06. The second kappa shape index (κ2) is 4.67. The van der Waals surface area contributed by atoms with Crippen LogP contribution in [0.15, 0.2) is 36.4 Å². The van der Waals surface area contributed by atoms with E-state index in [9.17, 15) is 5.11 Å². The molecule has 1 rings (SSSR count). The summed E-state index contributed by atoms with van der Waals surface area (Å²) in [5, 5.41) is 9.52. The van der Waals surface area contributed by atoms with Crippen LogP contribution in [0.25, 0.3) is 0 Å². The summed E-state index contributed by atoms with van der Waals surface area (Å²) in [6, 6.07) is 7.28. The predicted molar refractivity (Wildman–Crippen MR) is 52.5 cm³/mol. The second-order valence-corrected chi connectivity index (χ2v) is 2.65. The molecular weight excluding hydrogens is 164 g/mol. The molecule has 0 saturated carbocycles. The summed E-state index contributed by atoms with van der Waals surface area (Å²) in [5.41, 5.74) is 0.834. The summed E-state index contributed by atoms with van der Waals surface area (Å²) < 4.78 is 5.00. The summed E-state index contributed by atoms with van der Waals surface area (Å²) >= 11 is 0. The number of methoxy groups -OCH3 is 1. The first-order valence-electron chi connectivity index (χ1n) is 4.06. The van der Waals surface area contributed by atoms with Crippen molar-refractivity contribution in [2.45, 2.75) is 6.10 Å². The Bertz CT molecular complexity index is 275. The molecule has 0 saturated heterocycles. The highest BCUT2D eigenvalue weighted by atomic mass is 16.5. The smallest absolute Gasteiger partial charge is 0.118 e. The predicted octanol–water partition coefficient (Wildman–Crippen LogP) is 2.12. The monoisotopic (exact) mass is 177 g/mol. The Labute approximate surface area is 78.5 Å². The number of ether oxygens (including phenoxy) is 1. The molecule has 13 heavy (non-hydrogen) atoms. The lowest BCUT2D eigenvalue weighted by Crippen LogP contribution is -1.92. The number of hydrogen-bond donors (Lipinski definition) is 1. The molecule has 1 radical (unpaired) electrons. The van der Waals surface area contributed by atoms with E-state index in [1.165, 1.54) is 0 Å². The van der Waals surface area contributed by atoms with Crippen LogP contribution in [0.5, 0.6) is 5.75 Å². The first-order chi connectivity index (χ1) is 6.27. The largest absolute Gasteiger partial charge is 0.497 e. The highest BCUT2D eigenvalue weighted by Gasteiger charge is 2.01. The Hall–Kier alpha value is -1.28. The van der Waals surface area contributed by atoms with Crippen molar-refractivity contribution in [3.8, 4) is 5.75 Å². The van der Waals surface area contributed by atoms with Crippen LogP contribution in [0.2, 0.25) is 0 Å². The normalized spacial score (nSPS) is 13.2. The molecule has 1 atom stereocenters. The summed E-state index contributed by atoms with van der Waals surface area (Å²) in [6.07, 6.45) is 2.62. The third-order valence-corrected chi connectivity index (χ3v) is 1.78. The lowest BCUT2D eigenvalue weighted by atomic mass is 10.1. The number of aliphatic hydroxyl groups excluding tert-OH is 1. The molecule has 0 spiro atoms. The van der Waals surface area contributed by atoms with Gasteiger partial charge in [-0.05, 0) is 24.6 Å². The minimum atomic E-state index is -0.580. The van der Waals surface area contributed by atoms with Crippen molar-refractivity contribution in [2.75, 3.05) is 7.11 Å². The Morgan fingerprint density at radius 1 is 1.38 bits per heavy atom. The average molecular weight is 177 g/mol. The number of aliphatic hydroxyl groups is 1. The molecule has 0 amide bonds. The molecule has 1 aromatic carbocycles. The van der Waals surface area contributed by atoms with Gasteiger partial charge in [0.25, 0.3) is 0 Å². The highest BCUT2D eigenvalue weighted by molar-refractivity contribution is 5.29. The van der Waals surface area contributed by atoms with E-state index in [0.29, 0.717) is 0 Å². The molecule has 69 valence electrons. The second-order valence-electron chi connectivity index (χ2n) is 2.65. The fourth-order valence-electron chi connectivity index (χ4n) is 1.04. The SMILES string of the molecule is [CH2]C=CC(O)c1ccc(OC)cc1. The molecule has 0 heterocycles. The Balaban J connectivity index is 2.79. The number of rotatable bonds is 3. The van der Waals surface area contributed by atoms with Crippen molar-refractivity contribution in [3.05, 3.63) is 48.9 Å². The van der Waals surface area contributed by atoms with Crippen molar-refractivity contribution in [1.29, 1.82) is 0 Å². The van der Waals surface area contributed by atoms with Gasteiger partial charge in [0.05, 0.1) is 13.2 Å². The highest BCUT2D eigenvalue weighted by Crippen LogP contribution is 2.18. The summed E-state index contributed by atoms with van der Waals surface area (Å²) in [6.45, 7) is 3.52. The van der Waals surface area contributed by atoms with E-state index in [-0.39, 0.29) is 0 Å². The lowest BCUT2D eigenvalue weighted by molar-refractivity contribution is 0.228. The van der Waals surface area contributed by atoms with Crippen LogP contribution in [0.1, 0.15) is 11.7 Å². The summed E-state index contributed by atoms with van der Waals surface area (Å²) in [4.78, 5) is 0. The fourth-order valence-corrected chi connectivity index (χ4v) is 1.04. The maximum absolute atomic E-state index is 9.52. The molecule has 0 aliphatic heterocycles. The molecule has 0 fully saturated rings. The van der Waals surface area contributed by atoms with Crippen LogP contribution >= 0.6 is 0 Å². The van der Waals surface area contributed by atoms with Crippen molar-refractivity contribution in [2.24, 2.45) is 0 Å². The zero-order valence-electron chi connectivity index (χ0n) is 7.60. The van der Waals surface area contributed by atoms with Crippen LogP contribution in [0.4, 0.5) is 0 Å². The zero-order chi connectivity index (χ0) is 9.68. The van der Waals surface area contributed by atoms with Crippen LogP contribution in [-0.2, 0) is 0 Å². The molecule has 1 N–H and O–H groups in total. The average Bonchev–Trinajstić information content (AvgIpc) is 2.18. The quantitative estimate of drug-likeness (QED) is 0.766. The Kier molecular flexibility index (Phi) is 3.53. The van der Waals surface area contributed by atoms with Gasteiger partial charge in [0, 0.05) is 0 Å². The molecule has 0 aromatic heterocycles. The van der Waals surface area contributed by atoms with Gasteiger partial charge in [0.15, 0.2) is 0 Å². The van der Waals surface area contributed by atoms with Crippen LogP contribution in [0.3, 0.4) is 0 Å². The van der Waals surface area contributed by atoms with Gasteiger partial charge in [-0.3, -0.25) is 0 Å². The molecule has 1 unspecified atom stereocenters. The van der Waals surface area contributed by atoms with Crippen LogP contribution < -0.4 is 4.74 Å². The standard InChI is InChI=1S/C11H13O2/c1-3-4-11(12)9-5-7-10(13-2)8-6-9/h3-8,11-12H,1H2,2H3. The van der Waals surface area contributed by atoms with Gasteiger partial charge < -0.3 is 9.84 Å². The number of hydrogen-bond acceptors (Lipinski definition) is 2. The third kappa shape index (κ3) is 2.60. The molecule has 0 aliphatic carbocycles. The third-order valence-electron chi connectivity index (χ3n) is 1.78. The molecular formula is C11H13O2. The zero-order valence-corrected chi connectivity index (χ0v) is 7.60.